The molecule has 126 valence electrons. The summed E-state index contributed by atoms with van der Waals surface area (Å²) in [7, 11) is 0. The third kappa shape index (κ3) is 4.44. The third-order valence-corrected chi connectivity index (χ3v) is 4.95. The van der Waals surface area contributed by atoms with E-state index in [9.17, 15) is 4.79 Å². The first kappa shape index (κ1) is 16.7. The predicted molar refractivity (Wildman–Crippen MR) is 97.5 cm³/mol. The molecule has 0 saturated heterocycles. The summed E-state index contributed by atoms with van der Waals surface area (Å²) in [5.74, 6) is -0.253. The monoisotopic (exact) mass is 322 g/mol. The number of aromatic nitrogens is 1. The lowest BCUT2D eigenvalue weighted by Gasteiger charge is -2.14. The molecular weight excluding hydrogens is 296 g/mol. The van der Waals surface area contributed by atoms with Crippen molar-refractivity contribution >= 4 is 5.91 Å². The Hall–Kier alpha value is -2.16. The third-order valence-electron chi connectivity index (χ3n) is 4.95. The van der Waals surface area contributed by atoms with Crippen molar-refractivity contribution in [3.63, 3.8) is 0 Å². The van der Waals surface area contributed by atoms with Crippen molar-refractivity contribution in [1.82, 2.24) is 4.98 Å². The Labute approximate surface area is 144 Å². The number of hydrogen-bond donors (Lipinski definition) is 1. The minimum Gasteiger partial charge on any atom is -0.369 e. The van der Waals surface area contributed by atoms with Gasteiger partial charge in [0.25, 0.3) is 0 Å². The zero-order valence-corrected chi connectivity index (χ0v) is 14.2. The van der Waals surface area contributed by atoms with Crippen LogP contribution in [0.25, 0.3) is 11.3 Å². The van der Waals surface area contributed by atoms with Gasteiger partial charge in [0.2, 0.25) is 5.91 Å². The lowest BCUT2D eigenvalue weighted by atomic mass is 9.92. The smallest absolute Gasteiger partial charge is 0.220 e. The zero-order chi connectivity index (χ0) is 16.8. The molecule has 0 radical (unpaired) electrons. The summed E-state index contributed by atoms with van der Waals surface area (Å²) in [6.07, 6.45) is 10.5. The van der Waals surface area contributed by atoms with Crippen LogP contribution in [0.2, 0.25) is 0 Å². The zero-order valence-electron chi connectivity index (χ0n) is 14.2. The maximum atomic E-state index is 11.8. The molecule has 0 spiro atoms. The molecule has 0 aliphatic heterocycles. The van der Waals surface area contributed by atoms with Gasteiger partial charge >= 0.3 is 0 Å². The van der Waals surface area contributed by atoms with Crippen molar-refractivity contribution < 1.29 is 4.79 Å². The molecule has 1 unspecified atom stereocenters. The highest BCUT2D eigenvalue weighted by Gasteiger charge is 2.16. The van der Waals surface area contributed by atoms with Gasteiger partial charge in [0, 0.05) is 17.7 Å². The number of aryl methyl sites for hydroxylation is 1. The van der Waals surface area contributed by atoms with Gasteiger partial charge in [0.1, 0.15) is 0 Å². The van der Waals surface area contributed by atoms with Crippen LogP contribution in [0, 0.1) is 5.92 Å². The highest BCUT2D eigenvalue weighted by molar-refractivity contribution is 5.77. The summed E-state index contributed by atoms with van der Waals surface area (Å²) in [4.78, 5) is 16.3. The molecule has 1 aliphatic rings. The Balaban J connectivity index is 1.91. The molecule has 2 aromatic rings. The first-order valence-electron chi connectivity index (χ1n) is 9.06. The molecule has 24 heavy (non-hydrogen) atoms. The second kappa shape index (κ2) is 8.09. The number of rotatable bonds is 1. The molecule has 1 aromatic heterocycles. The van der Waals surface area contributed by atoms with E-state index >= 15 is 0 Å². The second-order valence-corrected chi connectivity index (χ2v) is 6.86. The van der Waals surface area contributed by atoms with Crippen molar-refractivity contribution in [2.45, 2.75) is 51.4 Å². The minimum absolute atomic E-state index is 0.0725. The molecular formula is C21H26N2O. The molecule has 1 aromatic carbocycles. The van der Waals surface area contributed by atoms with Gasteiger partial charge in [0.15, 0.2) is 0 Å². The highest BCUT2D eigenvalue weighted by Crippen LogP contribution is 2.23. The van der Waals surface area contributed by atoms with E-state index in [1.165, 1.54) is 31.2 Å². The van der Waals surface area contributed by atoms with Crippen LogP contribution in [-0.4, -0.2) is 10.9 Å². The van der Waals surface area contributed by atoms with E-state index in [0.717, 1.165) is 36.1 Å². The average molecular weight is 322 g/mol. The van der Waals surface area contributed by atoms with Gasteiger partial charge in [-0.3, -0.25) is 9.78 Å². The average Bonchev–Trinajstić information content (AvgIpc) is 2.60. The quantitative estimate of drug-likeness (QED) is 0.851. The molecule has 2 N–H and O–H groups in total. The molecule has 4 bridgehead atoms. The Morgan fingerprint density at radius 1 is 1.00 bits per heavy atom. The number of fused-ring (bicyclic) bond motifs is 5. The molecule has 1 atom stereocenters. The number of carbonyl (C=O) groups excluding carboxylic acids is 1. The Morgan fingerprint density at radius 2 is 1.83 bits per heavy atom. The van der Waals surface area contributed by atoms with E-state index < -0.39 is 0 Å². The Bertz CT molecular complexity index is 696. The molecule has 1 aliphatic carbocycles. The van der Waals surface area contributed by atoms with Crippen LogP contribution >= 0.6 is 0 Å². The molecule has 3 nitrogen and oxygen atoms in total. The van der Waals surface area contributed by atoms with Gasteiger partial charge in [-0.05, 0) is 55.0 Å². The number of pyridine rings is 1. The van der Waals surface area contributed by atoms with Crippen molar-refractivity contribution in [3.8, 4) is 11.3 Å². The summed E-state index contributed by atoms with van der Waals surface area (Å²) in [6, 6.07) is 12.8. The minimum atomic E-state index is -0.181. The number of amides is 1. The van der Waals surface area contributed by atoms with Crippen molar-refractivity contribution in [3.05, 3.63) is 53.7 Å². The van der Waals surface area contributed by atoms with Gasteiger partial charge in [0.05, 0.1) is 5.69 Å². The number of carbonyl (C=O) groups is 1. The first-order valence-corrected chi connectivity index (χ1v) is 9.06. The molecule has 0 fully saturated rings. The van der Waals surface area contributed by atoms with Gasteiger partial charge in [-0.1, -0.05) is 43.9 Å². The number of primary amides is 1. The SMILES string of the molecule is NC(=O)C1CCCCCCCc2cccc(c2)-c2cc(ccn2)C1. The van der Waals surface area contributed by atoms with Crippen LogP contribution < -0.4 is 5.73 Å². The van der Waals surface area contributed by atoms with Crippen LogP contribution in [0.15, 0.2) is 42.6 Å². The molecule has 0 saturated carbocycles. The standard InChI is InChI=1S/C21H26N2O/c22-21(24)19-9-5-3-1-2-4-7-16-8-6-10-18(13-16)20-15-17(14-19)11-12-23-20/h6,8,10-13,15,19H,1-5,7,9,14H2,(H2,22,24). The van der Waals surface area contributed by atoms with E-state index in [4.69, 9.17) is 5.73 Å². The fraction of sp³-hybridized carbons (Fsp3) is 0.429. The number of benzene rings is 1. The molecule has 3 heteroatoms. The predicted octanol–water partition coefficient (Wildman–Crippen LogP) is 4.29. The fourth-order valence-electron chi connectivity index (χ4n) is 3.52. The normalized spacial score (nSPS) is 19.1. The van der Waals surface area contributed by atoms with E-state index in [-0.39, 0.29) is 11.8 Å². The maximum Gasteiger partial charge on any atom is 0.220 e. The van der Waals surface area contributed by atoms with E-state index in [2.05, 4.69) is 35.3 Å². The number of nitrogens with two attached hydrogens (primary N) is 1. The van der Waals surface area contributed by atoms with E-state index in [0.29, 0.717) is 6.42 Å². The number of nitrogens with zero attached hydrogens (tertiary/aromatic N) is 1. The highest BCUT2D eigenvalue weighted by atomic mass is 16.1. The van der Waals surface area contributed by atoms with Crippen LogP contribution in [0.4, 0.5) is 0 Å². The van der Waals surface area contributed by atoms with Crippen LogP contribution in [0.1, 0.15) is 49.7 Å². The van der Waals surface area contributed by atoms with E-state index in [1.807, 2.05) is 12.3 Å². The molecule has 1 amide bonds. The fourth-order valence-corrected chi connectivity index (χ4v) is 3.52. The Kier molecular flexibility index (Phi) is 5.63. The topological polar surface area (TPSA) is 56.0 Å². The summed E-state index contributed by atoms with van der Waals surface area (Å²) in [5, 5.41) is 0. The van der Waals surface area contributed by atoms with Gasteiger partial charge in [-0.2, -0.15) is 0 Å². The van der Waals surface area contributed by atoms with Gasteiger partial charge in [-0.25, -0.2) is 0 Å². The largest absolute Gasteiger partial charge is 0.369 e. The molecule has 3 rings (SSSR count). The Morgan fingerprint density at radius 3 is 2.71 bits per heavy atom. The van der Waals surface area contributed by atoms with Gasteiger partial charge in [-0.15, -0.1) is 0 Å². The van der Waals surface area contributed by atoms with Crippen molar-refractivity contribution in [2.24, 2.45) is 11.7 Å². The number of hydrogen-bond acceptors (Lipinski definition) is 2. The summed E-state index contributed by atoms with van der Waals surface area (Å²) in [5.41, 5.74) is 10.3. The lowest BCUT2D eigenvalue weighted by Crippen LogP contribution is -2.25. The van der Waals surface area contributed by atoms with Crippen LogP contribution in [0.3, 0.4) is 0 Å². The van der Waals surface area contributed by atoms with Crippen molar-refractivity contribution in [2.75, 3.05) is 0 Å². The second-order valence-electron chi connectivity index (χ2n) is 6.86. The summed E-state index contributed by atoms with van der Waals surface area (Å²) in [6.45, 7) is 0. The summed E-state index contributed by atoms with van der Waals surface area (Å²) >= 11 is 0. The first-order chi connectivity index (χ1) is 11.7. The van der Waals surface area contributed by atoms with Crippen LogP contribution in [0.5, 0.6) is 0 Å². The summed E-state index contributed by atoms with van der Waals surface area (Å²) < 4.78 is 0. The molecule has 1 heterocycles. The maximum absolute atomic E-state index is 11.8. The van der Waals surface area contributed by atoms with Gasteiger partial charge < -0.3 is 5.73 Å². The van der Waals surface area contributed by atoms with Crippen molar-refractivity contribution in [1.29, 1.82) is 0 Å². The van der Waals surface area contributed by atoms with E-state index in [1.54, 1.807) is 0 Å². The van der Waals surface area contributed by atoms with Crippen LogP contribution in [-0.2, 0) is 17.6 Å². The lowest BCUT2D eigenvalue weighted by molar-refractivity contribution is -0.122.